The highest BCUT2D eigenvalue weighted by Gasteiger charge is 2.41. The summed E-state index contributed by atoms with van der Waals surface area (Å²) < 4.78 is 28.3. The van der Waals surface area contributed by atoms with Crippen LogP contribution in [0.25, 0.3) is 0 Å². The third-order valence-corrected chi connectivity index (χ3v) is 4.11. The maximum Gasteiger partial charge on any atom is 0.476 e. The van der Waals surface area contributed by atoms with Crippen molar-refractivity contribution in [1.29, 1.82) is 0 Å². The van der Waals surface area contributed by atoms with Crippen LogP contribution in [0.1, 0.15) is 20.3 Å². The minimum absolute atomic E-state index is 0.363. The Labute approximate surface area is 103 Å². The summed E-state index contributed by atoms with van der Waals surface area (Å²) in [6.45, 7) is 14.3. The molecule has 0 bridgehead atoms. The van der Waals surface area contributed by atoms with E-state index in [0.29, 0.717) is 6.42 Å². The number of rotatable bonds is 5. The first-order chi connectivity index (χ1) is 7.84. The molecule has 5 heteroatoms. The summed E-state index contributed by atoms with van der Waals surface area (Å²) in [5.74, 6) is 0. The summed E-state index contributed by atoms with van der Waals surface area (Å²) >= 11 is 0. The second-order valence-electron chi connectivity index (χ2n) is 4.34. The van der Waals surface area contributed by atoms with E-state index in [9.17, 15) is 4.57 Å². The zero-order valence-corrected chi connectivity index (χ0v) is 11.2. The Kier molecular flexibility index (Phi) is 4.50. The molecule has 0 N–H and O–H groups in total. The molecule has 1 aliphatic rings. The first kappa shape index (κ1) is 14.4. The van der Waals surface area contributed by atoms with Gasteiger partial charge in [0.15, 0.2) is 0 Å². The van der Waals surface area contributed by atoms with Crippen molar-refractivity contribution in [2.45, 2.75) is 38.1 Å². The van der Waals surface area contributed by atoms with Gasteiger partial charge in [0, 0.05) is 6.42 Å². The van der Waals surface area contributed by atoms with Crippen molar-refractivity contribution in [2.24, 2.45) is 0 Å². The van der Waals surface area contributed by atoms with Gasteiger partial charge in [0.1, 0.15) is 0 Å². The van der Waals surface area contributed by atoms with Crippen molar-refractivity contribution in [2.75, 3.05) is 0 Å². The molecule has 0 aromatic carbocycles. The molecule has 0 aromatic heterocycles. The van der Waals surface area contributed by atoms with Gasteiger partial charge in [0.05, 0.1) is 17.8 Å². The third-order valence-electron chi connectivity index (χ3n) is 2.36. The van der Waals surface area contributed by atoms with E-state index in [-0.39, 0.29) is 12.2 Å². The molecule has 17 heavy (non-hydrogen) atoms. The zero-order chi connectivity index (χ0) is 13.1. The number of hydrogen-bond acceptors (Lipinski definition) is 4. The fourth-order valence-corrected chi connectivity index (χ4v) is 3.11. The van der Waals surface area contributed by atoms with E-state index in [1.807, 2.05) is 0 Å². The van der Waals surface area contributed by atoms with Gasteiger partial charge >= 0.3 is 7.82 Å². The number of hydrogen-bond donors (Lipinski definition) is 0. The van der Waals surface area contributed by atoms with Gasteiger partial charge in [-0.3, -0.25) is 13.6 Å². The van der Waals surface area contributed by atoms with Crippen LogP contribution in [0.2, 0.25) is 0 Å². The van der Waals surface area contributed by atoms with Crippen molar-refractivity contribution in [1.82, 2.24) is 0 Å². The van der Waals surface area contributed by atoms with Gasteiger partial charge in [-0.15, -0.1) is 19.7 Å². The highest BCUT2D eigenvalue weighted by molar-refractivity contribution is 7.48. The Balaban J connectivity index is 2.86. The zero-order valence-electron chi connectivity index (χ0n) is 10.3. The second kappa shape index (κ2) is 5.32. The van der Waals surface area contributed by atoms with Crippen molar-refractivity contribution < 1.29 is 18.1 Å². The molecule has 0 saturated carbocycles. The maximum absolute atomic E-state index is 12.3. The van der Waals surface area contributed by atoms with Crippen LogP contribution in [0.15, 0.2) is 38.0 Å². The molecule has 4 nitrogen and oxygen atoms in total. The van der Waals surface area contributed by atoms with E-state index >= 15 is 0 Å². The van der Waals surface area contributed by atoms with Crippen LogP contribution in [0.5, 0.6) is 0 Å². The van der Waals surface area contributed by atoms with Crippen molar-refractivity contribution >= 4 is 7.82 Å². The van der Waals surface area contributed by atoms with Gasteiger partial charge in [-0.2, -0.15) is 0 Å². The quantitative estimate of drug-likeness (QED) is 0.558. The average molecular weight is 258 g/mol. The Morgan fingerprint density at radius 1 is 1.24 bits per heavy atom. The van der Waals surface area contributed by atoms with E-state index in [0.717, 1.165) is 0 Å². The van der Waals surface area contributed by atoms with Gasteiger partial charge in [0.25, 0.3) is 0 Å². The summed E-state index contributed by atoms with van der Waals surface area (Å²) in [5, 5.41) is 0. The first-order valence-corrected chi connectivity index (χ1v) is 6.86. The summed E-state index contributed by atoms with van der Waals surface area (Å²) in [6, 6.07) is 0. The lowest BCUT2D eigenvalue weighted by Crippen LogP contribution is -2.30. The summed E-state index contributed by atoms with van der Waals surface area (Å²) in [7, 11) is -3.61. The Hall–Kier alpha value is -0.670. The highest BCUT2D eigenvalue weighted by atomic mass is 31.2. The van der Waals surface area contributed by atoms with E-state index < -0.39 is 13.4 Å². The Morgan fingerprint density at radius 2 is 1.71 bits per heavy atom. The fraction of sp³-hybridized carbons (Fsp3) is 0.500. The maximum atomic E-state index is 12.3. The average Bonchev–Trinajstić information content (AvgIpc) is 2.26. The lowest BCUT2D eigenvalue weighted by Gasteiger charge is -2.35. The van der Waals surface area contributed by atoms with Crippen LogP contribution in [0.4, 0.5) is 0 Å². The standard InChI is InChI=1S/C12H19O4P/c1-6-10-9-11(7-2)15-17(13,14-10)16-12(4,5)8-3/h6-8,10-11H,1-3,9H2,4-5H3/t10-,11-/m0/s1. The van der Waals surface area contributed by atoms with E-state index in [2.05, 4.69) is 19.7 Å². The predicted molar refractivity (Wildman–Crippen MR) is 67.7 cm³/mol. The van der Waals surface area contributed by atoms with Crippen LogP contribution in [0.3, 0.4) is 0 Å². The molecule has 1 fully saturated rings. The normalized spacial score (nSPS) is 34.0. The minimum atomic E-state index is -3.61. The smallest absolute Gasteiger partial charge is 0.279 e. The molecular formula is C12H19O4P. The topological polar surface area (TPSA) is 44.8 Å². The van der Waals surface area contributed by atoms with Crippen LogP contribution in [-0.4, -0.2) is 17.8 Å². The Bertz CT molecular complexity index is 342. The fourth-order valence-electron chi connectivity index (χ4n) is 1.32. The van der Waals surface area contributed by atoms with Crippen molar-refractivity contribution in [3.8, 4) is 0 Å². The Morgan fingerprint density at radius 3 is 2.06 bits per heavy atom. The molecule has 96 valence electrons. The van der Waals surface area contributed by atoms with Crippen molar-refractivity contribution in [3.63, 3.8) is 0 Å². The summed E-state index contributed by atoms with van der Waals surface area (Å²) in [5.41, 5.74) is -0.787. The lowest BCUT2D eigenvalue weighted by molar-refractivity contribution is -0.00435. The molecule has 1 rings (SSSR count). The molecule has 0 radical (unpaired) electrons. The van der Waals surface area contributed by atoms with Gasteiger partial charge < -0.3 is 0 Å². The van der Waals surface area contributed by atoms with Crippen LogP contribution >= 0.6 is 7.82 Å². The predicted octanol–water partition coefficient (Wildman–Crippen LogP) is 3.62. The summed E-state index contributed by atoms with van der Waals surface area (Å²) in [4.78, 5) is 0. The molecule has 0 aliphatic carbocycles. The largest absolute Gasteiger partial charge is 0.476 e. The van der Waals surface area contributed by atoms with E-state index in [1.54, 1.807) is 32.1 Å². The van der Waals surface area contributed by atoms with Crippen LogP contribution in [0, 0.1) is 0 Å². The highest BCUT2D eigenvalue weighted by Crippen LogP contribution is 2.58. The van der Waals surface area contributed by atoms with Crippen LogP contribution in [-0.2, 0) is 18.1 Å². The molecule has 0 amide bonds. The molecule has 0 aromatic rings. The third kappa shape index (κ3) is 3.93. The minimum Gasteiger partial charge on any atom is -0.279 e. The first-order valence-electron chi connectivity index (χ1n) is 5.40. The summed E-state index contributed by atoms with van der Waals surface area (Å²) in [6.07, 6.45) is 4.51. The molecule has 1 heterocycles. The molecule has 0 spiro atoms. The SMILES string of the molecule is C=C[C@H]1C[C@H](C=C)OP(=O)(OC(C)(C)C=C)O1. The molecular weight excluding hydrogens is 239 g/mol. The molecule has 1 saturated heterocycles. The van der Waals surface area contributed by atoms with E-state index in [1.165, 1.54) is 0 Å². The van der Waals surface area contributed by atoms with E-state index in [4.69, 9.17) is 13.6 Å². The van der Waals surface area contributed by atoms with Gasteiger partial charge in [-0.1, -0.05) is 18.2 Å². The number of phosphoric ester groups is 1. The molecule has 0 unspecified atom stereocenters. The molecule has 1 aliphatic heterocycles. The van der Waals surface area contributed by atoms with Gasteiger partial charge in [-0.05, 0) is 13.8 Å². The van der Waals surface area contributed by atoms with Crippen LogP contribution < -0.4 is 0 Å². The monoisotopic (exact) mass is 258 g/mol. The lowest BCUT2D eigenvalue weighted by atomic mass is 10.1. The number of phosphoric acid groups is 1. The van der Waals surface area contributed by atoms with Crippen molar-refractivity contribution in [3.05, 3.63) is 38.0 Å². The van der Waals surface area contributed by atoms with Gasteiger partial charge in [0.2, 0.25) is 0 Å². The second-order valence-corrected chi connectivity index (χ2v) is 5.84. The molecule has 2 atom stereocenters. The van der Waals surface area contributed by atoms with Gasteiger partial charge in [-0.25, -0.2) is 4.57 Å².